The summed E-state index contributed by atoms with van der Waals surface area (Å²) in [5.41, 5.74) is 1.13. The van der Waals surface area contributed by atoms with Gasteiger partial charge >= 0.3 is 5.97 Å². The number of carbonyl (C=O) groups is 1. The Morgan fingerprint density at radius 2 is 1.76 bits per heavy atom. The molecule has 1 rings (SSSR count). The molecule has 0 spiro atoms. The van der Waals surface area contributed by atoms with Crippen LogP contribution in [0, 0.1) is 0 Å². The van der Waals surface area contributed by atoms with Gasteiger partial charge in [0.1, 0.15) is 0 Å². The number of esters is 1. The van der Waals surface area contributed by atoms with Crippen LogP contribution < -0.4 is 0 Å². The van der Waals surface area contributed by atoms with Crippen molar-refractivity contribution in [3.05, 3.63) is 35.9 Å². The second-order valence-electron chi connectivity index (χ2n) is 6.89. The molecular weight excluding hydrogens is 280 g/mol. The molecule has 0 saturated heterocycles. The van der Waals surface area contributed by atoms with Crippen molar-refractivity contribution in [1.82, 2.24) is 0 Å². The summed E-state index contributed by atoms with van der Waals surface area (Å²) < 4.78 is 11.3. The van der Waals surface area contributed by atoms with E-state index >= 15 is 0 Å². The Balaban J connectivity index is 2.90. The Morgan fingerprint density at radius 3 is 2.24 bits per heavy atom. The molecule has 0 amide bonds. The van der Waals surface area contributed by atoms with Crippen LogP contribution in [0.3, 0.4) is 0 Å². The molecule has 1 aromatic rings. The van der Waals surface area contributed by atoms with E-state index in [1.54, 1.807) is 0 Å². The van der Waals surface area contributed by atoms with Crippen LogP contribution in [-0.2, 0) is 14.0 Å². The van der Waals surface area contributed by atoms with E-state index in [4.69, 9.17) is 9.16 Å². The van der Waals surface area contributed by atoms with Crippen LogP contribution in [0.2, 0.25) is 18.1 Å². The van der Waals surface area contributed by atoms with E-state index in [0.717, 1.165) is 5.56 Å². The minimum atomic E-state index is -1.89. The van der Waals surface area contributed by atoms with Crippen molar-refractivity contribution in [1.29, 1.82) is 0 Å². The van der Waals surface area contributed by atoms with Crippen molar-refractivity contribution in [3.63, 3.8) is 0 Å². The van der Waals surface area contributed by atoms with Crippen molar-refractivity contribution in [2.24, 2.45) is 0 Å². The molecule has 0 unspecified atom stereocenters. The van der Waals surface area contributed by atoms with Gasteiger partial charge in [-0.2, -0.15) is 0 Å². The van der Waals surface area contributed by atoms with E-state index < -0.39 is 8.32 Å². The number of hydrogen-bond acceptors (Lipinski definition) is 3. The van der Waals surface area contributed by atoms with Gasteiger partial charge in [-0.15, -0.1) is 0 Å². The number of carbonyl (C=O) groups excluding carboxylic acids is 1. The Kier molecular flexibility index (Phi) is 6.17. The number of benzene rings is 1. The quantitative estimate of drug-likeness (QED) is 0.564. The topological polar surface area (TPSA) is 35.5 Å². The summed E-state index contributed by atoms with van der Waals surface area (Å²) in [6.07, 6.45) is 0.986. The SMILES string of the molecule is COC(=O)CC[C@H](O[Si](C)(C)C(C)(C)C)c1ccccc1. The summed E-state index contributed by atoms with van der Waals surface area (Å²) in [6.45, 7) is 11.1. The maximum Gasteiger partial charge on any atom is 0.305 e. The van der Waals surface area contributed by atoms with Gasteiger partial charge in [-0.25, -0.2) is 0 Å². The molecule has 0 radical (unpaired) electrons. The predicted molar refractivity (Wildman–Crippen MR) is 88.7 cm³/mol. The largest absolute Gasteiger partial charge is 0.469 e. The highest BCUT2D eigenvalue weighted by molar-refractivity contribution is 6.74. The molecule has 0 N–H and O–H groups in total. The van der Waals surface area contributed by atoms with E-state index in [9.17, 15) is 4.79 Å². The Morgan fingerprint density at radius 1 is 1.19 bits per heavy atom. The molecule has 21 heavy (non-hydrogen) atoms. The van der Waals surface area contributed by atoms with Crippen LogP contribution in [0.5, 0.6) is 0 Å². The summed E-state index contributed by atoms with van der Waals surface area (Å²) in [6, 6.07) is 10.1. The third-order valence-corrected chi connectivity index (χ3v) is 8.74. The lowest BCUT2D eigenvalue weighted by Crippen LogP contribution is -2.41. The molecule has 1 aromatic carbocycles. The first kappa shape index (κ1) is 17.9. The van der Waals surface area contributed by atoms with Gasteiger partial charge in [0.05, 0.1) is 13.2 Å². The average Bonchev–Trinajstić information content (AvgIpc) is 2.42. The number of ether oxygens (including phenoxy) is 1. The number of methoxy groups -OCH3 is 1. The molecule has 3 nitrogen and oxygen atoms in total. The standard InChI is InChI=1S/C17H28O3Si/c1-17(2,3)21(5,6)20-15(12-13-16(18)19-4)14-10-8-7-9-11-14/h7-11,15H,12-13H2,1-6H3/t15-/m0/s1. The van der Waals surface area contributed by atoms with Crippen LogP contribution in [0.1, 0.15) is 45.3 Å². The average molecular weight is 308 g/mol. The summed E-state index contributed by atoms with van der Waals surface area (Å²) in [5, 5.41) is 0.144. The van der Waals surface area contributed by atoms with Crippen LogP contribution in [0.25, 0.3) is 0 Å². The van der Waals surface area contributed by atoms with Gasteiger partial charge in [0, 0.05) is 6.42 Å². The van der Waals surface area contributed by atoms with Crippen molar-refractivity contribution in [2.75, 3.05) is 7.11 Å². The summed E-state index contributed by atoms with van der Waals surface area (Å²) in [7, 11) is -0.460. The van der Waals surface area contributed by atoms with E-state index in [-0.39, 0.29) is 17.1 Å². The van der Waals surface area contributed by atoms with Crippen molar-refractivity contribution in [3.8, 4) is 0 Å². The monoisotopic (exact) mass is 308 g/mol. The predicted octanol–water partition coefficient (Wildman–Crippen LogP) is 4.70. The first-order valence-electron chi connectivity index (χ1n) is 7.47. The molecule has 1 atom stereocenters. The summed E-state index contributed by atoms with van der Waals surface area (Å²) >= 11 is 0. The Labute approximate surface area is 129 Å². The molecule has 0 aliphatic heterocycles. The van der Waals surface area contributed by atoms with Crippen LogP contribution >= 0.6 is 0 Å². The molecule has 0 heterocycles. The fraction of sp³-hybridized carbons (Fsp3) is 0.588. The number of hydrogen-bond donors (Lipinski definition) is 0. The number of rotatable bonds is 6. The third-order valence-electron chi connectivity index (χ3n) is 4.25. The lowest BCUT2D eigenvalue weighted by molar-refractivity contribution is -0.141. The molecule has 0 aliphatic carbocycles. The van der Waals surface area contributed by atoms with Crippen molar-refractivity contribution in [2.45, 2.75) is 57.8 Å². The van der Waals surface area contributed by atoms with Gasteiger partial charge in [-0.1, -0.05) is 51.1 Å². The van der Waals surface area contributed by atoms with Crippen LogP contribution in [0.4, 0.5) is 0 Å². The molecule has 118 valence electrons. The van der Waals surface area contributed by atoms with Gasteiger partial charge in [0.25, 0.3) is 0 Å². The minimum Gasteiger partial charge on any atom is -0.469 e. The first-order valence-corrected chi connectivity index (χ1v) is 10.4. The maximum atomic E-state index is 11.4. The molecule has 0 fully saturated rings. The second kappa shape index (κ2) is 7.23. The zero-order valence-corrected chi connectivity index (χ0v) is 15.1. The lowest BCUT2D eigenvalue weighted by Gasteiger charge is -2.39. The lowest BCUT2D eigenvalue weighted by atomic mass is 10.1. The van der Waals surface area contributed by atoms with E-state index in [0.29, 0.717) is 12.8 Å². The first-order chi connectivity index (χ1) is 9.67. The fourth-order valence-corrected chi connectivity index (χ4v) is 3.16. The summed E-state index contributed by atoms with van der Waals surface area (Å²) in [4.78, 5) is 11.4. The molecule has 0 aromatic heterocycles. The molecule has 0 saturated carbocycles. The summed E-state index contributed by atoms with van der Waals surface area (Å²) in [5.74, 6) is -0.185. The third kappa shape index (κ3) is 5.29. The van der Waals surface area contributed by atoms with Crippen LogP contribution in [0.15, 0.2) is 30.3 Å². The molecule has 0 aliphatic rings. The van der Waals surface area contributed by atoms with E-state index in [1.165, 1.54) is 7.11 Å². The fourth-order valence-electron chi connectivity index (χ4n) is 1.84. The van der Waals surface area contributed by atoms with Crippen molar-refractivity contribution < 1.29 is 14.0 Å². The highest BCUT2D eigenvalue weighted by Crippen LogP contribution is 2.40. The minimum absolute atomic E-state index is 0.0498. The van der Waals surface area contributed by atoms with Gasteiger partial charge in [0.2, 0.25) is 0 Å². The van der Waals surface area contributed by atoms with Crippen LogP contribution in [-0.4, -0.2) is 21.4 Å². The van der Waals surface area contributed by atoms with Gasteiger partial charge in [-0.05, 0) is 30.1 Å². The highest BCUT2D eigenvalue weighted by atomic mass is 28.4. The normalized spacial score (nSPS) is 13.8. The zero-order valence-electron chi connectivity index (χ0n) is 14.1. The maximum absolute atomic E-state index is 11.4. The van der Waals surface area contributed by atoms with Gasteiger partial charge in [-0.3, -0.25) is 4.79 Å². The molecular formula is C17H28O3Si. The van der Waals surface area contributed by atoms with Gasteiger partial charge in [0.15, 0.2) is 8.32 Å². The second-order valence-corrected chi connectivity index (χ2v) is 11.6. The zero-order chi connectivity index (χ0) is 16.1. The highest BCUT2D eigenvalue weighted by Gasteiger charge is 2.39. The van der Waals surface area contributed by atoms with E-state index in [2.05, 4.69) is 46.0 Å². The van der Waals surface area contributed by atoms with Crippen molar-refractivity contribution >= 4 is 14.3 Å². The Hall–Kier alpha value is -1.13. The van der Waals surface area contributed by atoms with E-state index in [1.807, 2.05) is 18.2 Å². The molecule has 0 bridgehead atoms. The molecule has 4 heteroatoms. The van der Waals surface area contributed by atoms with Gasteiger partial charge < -0.3 is 9.16 Å². The smallest absolute Gasteiger partial charge is 0.305 e. The Bertz CT molecular complexity index is 449.